The van der Waals surface area contributed by atoms with Gasteiger partial charge in [-0.1, -0.05) is 69.2 Å². The van der Waals surface area contributed by atoms with Crippen LogP contribution in [0.2, 0.25) is 0 Å². The van der Waals surface area contributed by atoms with Gasteiger partial charge in [0.05, 0.1) is 22.4 Å². The van der Waals surface area contributed by atoms with Gasteiger partial charge < -0.3 is 28.1 Å². The van der Waals surface area contributed by atoms with Crippen molar-refractivity contribution in [3.8, 4) is 11.5 Å². The lowest BCUT2D eigenvalue weighted by Gasteiger charge is -2.32. The fourth-order valence-electron chi connectivity index (χ4n) is 5.55. The third-order valence-corrected chi connectivity index (χ3v) is 9.99. The third kappa shape index (κ3) is 10.2. The van der Waals surface area contributed by atoms with Crippen molar-refractivity contribution in [2.24, 2.45) is 0 Å². The van der Waals surface area contributed by atoms with Gasteiger partial charge in [-0.15, -0.1) is 0 Å². The van der Waals surface area contributed by atoms with E-state index in [1.54, 1.807) is 12.1 Å². The normalized spacial score (nSPS) is 19.1. The summed E-state index contributed by atoms with van der Waals surface area (Å²) in [5.74, 6) is 0.602. The number of carbonyl (C=O) groups is 2. The monoisotopic (exact) mass is 648 g/mol. The van der Waals surface area contributed by atoms with Crippen molar-refractivity contribution >= 4 is 37.1 Å². The SMILES string of the molecule is CC1(C)OB(c2cccc(OC(=O)CCCCCCCCCCCC(=O)Oc3cccc(B4OC(C)(C)C(C)(C)O4)c3)c2)OC1(C)C. The fraction of sp³-hybridized carbons (Fsp3) is 0.622. The van der Waals surface area contributed by atoms with Crippen LogP contribution in [0, 0.1) is 0 Å². The van der Waals surface area contributed by atoms with Crippen LogP contribution in [0.25, 0.3) is 0 Å². The van der Waals surface area contributed by atoms with Crippen molar-refractivity contribution in [1.29, 1.82) is 0 Å². The molecule has 2 aliphatic heterocycles. The minimum absolute atomic E-state index is 0.216. The van der Waals surface area contributed by atoms with Crippen LogP contribution in [0.4, 0.5) is 0 Å². The summed E-state index contributed by atoms with van der Waals surface area (Å²) in [7, 11) is -0.975. The largest absolute Gasteiger partial charge is 0.494 e. The Kier molecular flexibility index (Phi) is 12.4. The summed E-state index contributed by atoms with van der Waals surface area (Å²) in [5.41, 5.74) is -0.0114. The molecule has 8 nitrogen and oxygen atoms in total. The molecule has 4 rings (SSSR count). The summed E-state index contributed by atoms with van der Waals surface area (Å²) >= 11 is 0. The van der Waals surface area contributed by atoms with Crippen LogP contribution < -0.4 is 20.4 Å². The number of unbranched alkanes of at least 4 members (excludes halogenated alkanes) is 8. The second-order valence-corrected chi connectivity index (χ2v) is 15.0. The molecule has 2 aliphatic rings. The van der Waals surface area contributed by atoms with Gasteiger partial charge in [0.2, 0.25) is 0 Å². The molecule has 2 saturated heterocycles. The minimum atomic E-state index is -0.488. The first-order chi connectivity index (χ1) is 22.1. The lowest BCUT2D eigenvalue weighted by Crippen LogP contribution is -2.41. The average molecular weight is 648 g/mol. The van der Waals surface area contributed by atoms with Crippen molar-refractivity contribution in [3.05, 3.63) is 48.5 Å². The lowest BCUT2D eigenvalue weighted by atomic mass is 9.79. The highest BCUT2D eigenvalue weighted by Gasteiger charge is 2.52. The average Bonchev–Trinajstić information content (AvgIpc) is 3.35. The summed E-state index contributed by atoms with van der Waals surface area (Å²) in [6, 6.07) is 14.8. The molecular formula is C37H54B2O8. The van der Waals surface area contributed by atoms with Crippen molar-refractivity contribution in [2.75, 3.05) is 0 Å². The number of rotatable bonds is 16. The summed E-state index contributed by atoms with van der Waals surface area (Å²) in [4.78, 5) is 24.8. The summed E-state index contributed by atoms with van der Waals surface area (Å²) < 4.78 is 35.7. The van der Waals surface area contributed by atoms with Gasteiger partial charge in [0, 0.05) is 12.8 Å². The molecule has 0 aromatic heterocycles. The molecule has 0 unspecified atom stereocenters. The molecule has 0 N–H and O–H groups in total. The molecule has 2 heterocycles. The first kappa shape index (κ1) is 37.2. The zero-order valence-corrected chi connectivity index (χ0v) is 29.8. The standard InChI is InChI=1S/C37H54B2O8/c1-34(2)35(3,4)45-38(44-34)28-20-18-22-30(26-28)42-32(40)24-16-14-12-10-9-11-13-15-17-25-33(41)43-31-23-19-21-29(27-31)39-46-36(5,6)37(7,8)47-39/h18-23,26-27H,9-17,24-25H2,1-8H3. The van der Waals surface area contributed by atoms with Crippen molar-refractivity contribution in [3.63, 3.8) is 0 Å². The topological polar surface area (TPSA) is 89.5 Å². The van der Waals surface area contributed by atoms with Gasteiger partial charge in [-0.3, -0.25) is 9.59 Å². The van der Waals surface area contributed by atoms with Gasteiger partial charge in [-0.2, -0.15) is 0 Å². The summed E-state index contributed by atoms with van der Waals surface area (Å²) in [6.07, 6.45) is 10.1. The van der Waals surface area contributed by atoms with Gasteiger partial charge in [-0.25, -0.2) is 0 Å². The minimum Gasteiger partial charge on any atom is -0.427 e. The Morgan fingerprint density at radius 3 is 1.13 bits per heavy atom. The Hall–Kier alpha value is -2.65. The van der Waals surface area contributed by atoms with E-state index in [9.17, 15) is 9.59 Å². The first-order valence-electron chi connectivity index (χ1n) is 17.4. The van der Waals surface area contributed by atoms with E-state index in [-0.39, 0.29) is 11.9 Å². The lowest BCUT2D eigenvalue weighted by molar-refractivity contribution is -0.135. The Labute approximate surface area is 282 Å². The maximum atomic E-state index is 12.4. The van der Waals surface area contributed by atoms with Crippen LogP contribution in [0.3, 0.4) is 0 Å². The quantitative estimate of drug-likeness (QED) is 0.0826. The van der Waals surface area contributed by atoms with E-state index in [0.29, 0.717) is 24.3 Å². The molecule has 2 aromatic rings. The molecule has 0 atom stereocenters. The molecule has 2 aromatic carbocycles. The molecule has 0 saturated carbocycles. The molecule has 0 amide bonds. The molecule has 47 heavy (non-hydrogen) atoms. The number of esters is 2. The smallest absolute Gasteiger partial charge is 0.427 e. The summed E-state index contributed by atoms with van der Waals surface area (Å²) in [5, 5.41) is 0. The molecule has 0 radical (unpaired) electrons. The predicted molar refractivity (Wildman–Crippen MR) is 186 cm³/mol. The van der Waals surface area contributed by atoms with Gasteiger partial charge in [0.15, 0.2) is 0 Å². The Balaban J connectivity index is 1.01. The maximum absolute atomic E-state index is 12.4. The number of hydrogen-bond acceptors (Lipinski definition) is 8. The van der Waals surface area contributed by atoms with E-state index in [4.69, 9.17) is 28.1 Å². The van der Waals surface area contributed by atoms with Crippen molar-refractivity contribution in [2.45, 2.75) is 148 Å². The Bertz CT molecular complexity index is 1220. The number of hydrogen-bond donors (Lipinski definition) is 0. The van der Waals surface area contributed by atoms with Crippen LogP contribution in [-0.4, -0.2) is 48.6 Å². The highest BCUT2D eigenvalue weighted by molar-refractivity contribution is 6.62. The van der Waals surface area contributed by atoms with Gasteiger partial charge in [0.1, 0.15) is 11.5 Å². The summed E-state index contributed by atoms with van der Waals surface area (Å²) in [6.45, 7) is 16.1. The first-order valence-corrected chi connectivity index (χ1v) is 17.4. The molecular weight excluding hydrogens is 594 g/mol. The molecule has 0 aliphatic carbocycles. The van der Waals surface area contributed by atoms with Gasteiger partial charge in [-0.05, 0) is 103 Å². The van der Waals surface area contributed by atoms with E-state index in [1.165, 1.54) is 0 Å². The molecule has 2 fully saturated rings. The zero-order chi connectivity index (χ0) is 34.3. The van der Waals surface area contributed by atoms with E-state index in [0.717, 1.165) is 68.7 Å². The highest BCUT2D eigenvalue weighted by Crippen LogP contribution is 2.37. The van der Waals surface area contributed by atoms with Crippen LogP contribution in [0.5, 0.6) is 11.5 Å². The van der Waals surface area contributed by atoms with E-state index in [1.807, 2.05) is 91.8 Å². The van der Waals surface area contributed by atoms with Crippen LogP contribution in [0.15, 0.2) is 48.5 Å². The maximum Gasteiger partial charge on any atom is 0.494 e. The van der Waals surface area contributed by atoms with Crippen LogP contribution >= 0.6 is 0 Å². The van der Waals surface area contributed by atoms with Crippen LogP contribution in [0.1, 0.15) is 126 Å². The number of carbonyl (C=O) groups excluding carboxylic acids is 2. The molecule has 0 spiro atoms. The highest BCUT2D eigenvalue weighted by atomic mass is 16.7. The van der Waals surface area contributed by atoms with Gasteiger partial charge in [0.25, 0.3) is 0 Å². The molecule has 256 valence electrons. The van der Waals surface area contributed by atoms with E-state index < -0.39 is 36.6 Å². The number of benzene rings is 2. The Morgan fingerprint density at radius 2 is 0.809 bits per heavy atom. The second kappa shape index (κ2) is 15.7. The van der Waals surface area contributed by atoms with Crippen molar-refractivity contribution < 1.29 is 37.7 Å². The third-order valence-electron chi connectivity index (χ3n) is 9.99. The van der Waals surface area contributed by atoms with E-state index in [2.05, 4.69) is 0 Å². The fourth-order valence-corrected chi connectivity index (χ4v) is 5.55. The second-order valence-electron chi connectivity index (χ2n) is 15.0. The molecule has 10 heteroatoms. The zero-order valence-electron chi connectivity index (χ0n) is 29.8. The van der Waals surface area contributed by atoms with Crippen molar-refractivity contribution in [1.82, 2.24) is 0 Å². The van der Waals surface area contributed by atoms with E-state index >= 15 is 0 Å². The number of ether oxygens (including phenoxy) is 2. The molecule has 0 bridgehead atoms. The predicted octanol–water partition coefficient (Wildman–Crippen LogP) is 7.09. The Morgan fingerprint density at radius 1 is 0.511 bits per heavy atom. The van der Waals surface area contributed by atoms with Gasteiger partial charge >= 0.3 is 26.2 Å². The van der Waals surface area contributed by atoms with Crippen LogP contribution in [-0.2, 0) is 28.2 Å².